The maximum Gasteiger partial charge on any atom is 0.238 e. The monoisotopic (exact) mass is 253 g/mol. The number of amides is 1. The summed E-state index contributed by atoms with van der Waals surface area (Å²) in [6.07, 6.45) is 1.000. The molecular weight excluding hydrogens is 233 g/mol. The molecule has 18 heavy (non-hydrogen) atoms. The molecule has 0 aromatic heterocycles. The topological polar surface area (TPSA) is 58.4 Å². The van der Waals surface area contributed by atoms with Gasteiger partial charge in [0, 0.05) is 0 Å². The van der Waals surface area contributed by atoms with E-state index in [2.05, 4.69) is 12.2 Å². The summed E-state index contributed by atoms with van der Waals surface area (Å²) in [4.78, 5) is 13.8. The first kappa shape index (κ1) is 14.4. The summed E-state index contributed by atoms with van der Waals surface area (Å²) in [5.41, 5.74) is 6.31. The van der Waals surface area contributed by atoms with Crippen LogP contribution < -0.4 is 11.1 Å². The molecule has 0 bridgehead atoms. The maximum atomic E-state index is 12.8. The van der Waals surface area contributed by atoms with Crippen molar-refractivity contribution < 1.29 is 9.18 Å². The number of nitrogens with zero attached hydrogens (tertiary/aromatic N) is 1. The fourth-order valence-electron chi connectivity index (χ4n) is 1.71. The van der Waals surface area contributed by atoms with Crippen molar-refractivity contribution in [2.45, 2.75) is 20.3 Å². The first-order valence-corrected chi connectivity index (χ1v) is 6.14. The Morgan fingerprint density at radius 3 is 2.72 bits per heavy atom. The van der Waals surface area contributed by atoms with E-state index in [1.54, 1.807) is 0 Å². The number of carbonyl (C=O) groups excluding carboxylic acids is 1. The van der Waals surface area contributed by atoms with Crippen LogP contribution in [0.4, 0.5) is 15.8 Å². The number of nitrogen functional groups attached to an aromatic ring is 1. The van der Waals surface area contributed by atoms with Crippen molar-refractivity contribution in [3.8, 4) is 0 Å². The largest absolute Gasteiger partial charge is 0.397 e. The van der Waals surface area contributed by atoms with Gasteiger partial charge in [0.2, 0.25) is 5.91 Å². The lowest BCUT2D eigenvalue weighted by molar-refractivity contribution is -0.117. The molecule has 1 amide bonds. The number of anilines is 2. The summed E-state index contributed by atoms with van der Waals surface area (Å²) < 4.78 is 12.8. The number of rotatable bonds is 6. The van der Waals surface area contributed by atoms with Crippen LogP contribution in [-0.4, -0.2) is 30.4 Å². The van der Waals surface area contributed by atoms with Crippen molar-refractivity contribution in [1.82, 2.24) is 4.90 Å². The van der Waals surface area contributed by atoms with Gasteiger partial charge in [-0.3, -0.25) is 9.69 Å². The summed E-state index contributed by atoms with van der Waals surface area (Å²) in [5, 5.41) is 2.69. The molecule has 1 aromatic rings. The van der Waals surface area contributed by atoms with Crippen LogP contribution in [0, 0.1) is 5.82 Å². The van der Waals surface area contributed by atoms with Crippen molar-refractivity contribution in [2.75, 3.05) is 30.7 Å². The van der Waals surface area contributed by atoms with E-state index in [1.807, 2.05) is 11.8 Å². The molecular formula is C13H20FN3O. The molecule has 0 aliphatic carbocycles. The Labute approximate surface area is 107 Å². The second-order valence-electron chi connectivity index (χ2n) is 4.15. The normalized spacial score (nSPS) is 10.7. The highest BCUT2D eigenvalue weighted by molar-refractivity contribution is 5.95. The quantitative estimate of drug-likeness (QED) is 0.763. The number of nitrogens with two attached hydrogens (primary N) is 1. The highest BCUT2D eigenvalue weighted by Gasteiger charge is 2.10. The molecule has 0 saturated carbocycles. The Morgan fingerprint density at radius 2 is 2.17 bits per heavy atom. The van der Waals surface area contributed by atoms with Gasteiger partial charge < -0.3 is 11.1 Å². The lowest BCUT2D eigenvalue weighted by Crippen LogP contribution is -2.33. The van der Waals surface area contributed by atoms with Crippen molar-refractivity contribution in [1.29, 1.82) is 0 Å². The Kier molecular flexibility index (Phi) is 5.58. The van der Waals surface area contributed by atoms with Crippen LogP contribution in [0.5, 0.6) is 0 Å². The summed E-state index contributed by atoms with van der Waals surface area (Å²) in [5.74, 6) is -0.546. The van der Waals surface area contributed by atoms with Crippen molar-refractivity contribution in [3.63, 3.8) is 0 Å². The van der Waals surface area contributed by atoms with Crippen LogP contribution in [0.1, 0.15) is 20.3 Å². The van der Waals surface area contributed by atoms with Crippen molar-refractivity contribution in [2.24, 2.45) is 0 Å². The van der Waals surface area contributed by atoms with Gasteiger partial charge in [-0.15, -0.1) is 0 Å². The maximum absolute atomic E-state index is 12.8. The average Bonchev–Trinajstić information content (AvgIpc) is 2.32. The van der Waals surface area contributed by atoms with Gasteiger partial charge in [-0.2, -0.15) is 0 Å². The molecule has 0 spiro atoms. The zero-order valence-corrected chi connectivity index (χ0v) is 10.9. The third-order valence-corrected chi connectivity index (χ3v) is 2.64. The predicted octanol–water partition coefficient (Wildman–Crippen LogP) is 2.08. The standard InChI is InChI=1S/C13H20FN3O/c1-3-7-17(4-2)9-13(18)16-12-6-5-10(14)8-11(12)15/h5-6,8H,3-4,7,9,15H2,1-2H3,(H,16,18). The minimum atomic E-state index is -0.410. The Morgan fingerprint density at radius 1 is 1.44 bits per heavy atom. The number of nitrogens with one attached hydrogen (secondary N) is 1. The average molecular weight is 253 g/mol. The van der Waals surface area contributed by atoms with E-state index < -0.39 is 5.82 Å². The number of hydrogen-bond donors (Lipinski definition) is 2. The fourth-order valence-corrected chi connectivity index (χ4v) is 1.71. The van der Waals surface area contributed by atoms with Gasteiger partial charge >= 0.3 is 0 Å². The summed E-state index contributed by atoms with van der Waals surface area (Å²) in [6.45, 7) is 6.10. The van der Waals surface area contributed by atoms with E-state index in [1.165, 1.54) is 18.2 Å². The number of halogens is 1. The third kappa shape index (κ3) is 4.33. The van der Waals surface area contributed by atoms with Crippen LogP contribution in [0.2, 0.25) is 0 Å². The van der Waals surface area contributed by atoms with E-state index in [0.717, 1.165) is 19.5 Å². The van der Waals surface area contributed by atoms with Crippen LogP contribution >= 0.6 is 0 Å². The summed E-state index contributed by atoms with van der Waals surface area (Å²) >= 11 is 0. The molecule has 0 saturated heterocycles. The molecule has 0 fully saturated rings. The number of likely N-dealkylation sites (N-methyl/N-ethyl adjacent to an activating group) is 1. The molecule has 0 aliphatic heterocycles. The zero-order valence-electron chi connectivity index (χ0n) is 10.9. The highest BCUT2D eigenvalue weighted by atomic mass is 19.1. The molecule has 1 rings (SSSR count). The Balaban J connectivity index is 2.58. The first-order valence-electron chi connectivity index (χ1n) is 6.14. The number of benzene rings is 1. The van der Waals surface area contributed by atoms with Crippen molar-refractivity contribution in [3.05, 3.63) is 24.0 Å². The van der Waals surface area contributed by atoms with Gasteiger partial charge in [-0.05, 0) is 37.7 Å². The fraction of sp³-hybridized carbons (Fsp3) is 0.462. The molecule has 0 heterocycles. The molecule has 0 unspecified atom stereocenters. The predicted molar refractivity (Wildman–Crippen MR) is 71.8 cm³/mol. The highest BCUT2D eigenvalue weighted by Crippen LogP contribution is 2.18. The van der Waals surface area contributed by atoms with E-state index in [-0.39, 0.29) is 11.6 Å². The van der Waals surface area contributed by atoms with E-state index in [0.29, 0.717) is 12.2 Å². The van der Waals surface area contributed by atoms with Crippen LogP contribution in [-0.2, 0) is 4.79 Å². The van der Waals surface area contributed by atoms with Gasteiger partial charge in [-0.25, -0.2) is 4.39 Å². The van der Waals surface area contributed by atoms with Gasteiger partial charge in [-0.1, -0.05) is 13.8 Å². The van der Waals surface area contributed by atoms with E-state index in [9.17, 15) is 9.18 Å². The minimum absolute atomic E-state index is 0.136. The van der Waals surface area contributed by atoms with Crippen LogP contribution in [0.25, 0.3) is 0 Å². The lowest BCUT2D eigenvalue weighted by Gasteiger charge is -2.19. The van der Waals surface area contributed by atoms with Gasteiger partial charge in [0.1, 0.15) is 5.82 Å². The van der Waals surface area contributed by atoms with E-state index >= 15 is 0 Å². The number of hydrogen-bond acceptors (Lipinski definition) is 3. The molecule has 0 atom stereocenters. The zero-order chi connectivity index (χ0) is 13.5. The Bertz CT molecular complexity index is 409. The molecule has 3 N–H and O–H groups in total. The first-order chi connectivity index (χ1) is 8.56. The lowest BCUT2D eigenvalue weighted by atomic mass is 10.2. The van der Waals surface area contributed by atoms with Crippen molar-refractivity contribution >= 4 is 17.3 Å². The molecule has 100 valence electrons. The second-order valence-corrected chi connectivity index (χ2v) is 4.15. The number of carbonyl (C=O) groups is 1. The van der Waals surface area contributed by atoms with Crippen LogP contribution in [0.15, 0.2) is 18.2 Å². The SMILES string of the molecule is CCCN(CC)CC(=O)Nc1ccc(F)cc1N. The summed E-state index contributed by atoms with van der Waals surface area (Å²) in [7, 11) is 0. The van der Waals surface area contributed by atoms with Gasteiger partial charge in [0.05, 0.1) is 17.9 Å². The van der Waals surface area contributed by atoms with E-state index in [4.69, 9.17) is 5.73 Å². The van der Waals surface area contributed by atoms with Crippen LogP contribution in [0.3, 0.4) is 0 Å². The summed E-state index contributed by atoms with van der Waals surface area (Å²) in [6, 6.07) is 3.94. The van der Waals surface area contributed by atoms with Gasteiger partial charge in [0.25, 0.3) is 0 Å². The molecule has 0 aliphatic rings. The molecule has 0 radical (unpaired) electrons. The van der Waals surface area contributed by atoms with Gasteiger partial charge in [0.15, 0.2) is 0 Å². The molecule has 4 nitrogen and oxygen atoms in total. The Hall–Kier alpha value is -1.62. The molecule has 5 heteroatoms. The minimum Gasteiger partial charge on any atom is -0.397 e. The smallest absolute Gasteiger partial charge is 0.238 e. The third-order valence-electron chi connectivity index (χ3n) is 2.64. The molecule has 1 aromatic carbocycles. The second kappa shape index (κ2) is 6.96.